The smallest absolute Gasteiger partial charge is 0.191 e. The van der Waals surface area contributed by atoms with E-state index in [1.807, 2.05) is 30.3 Å². The Morgan fingerprint density at radius 1 is 1.06 bits per heavy atom. The van der Waals surface area contributed by atoms with Crippen molar-refractivity contribution < 1.29 is 4.74 Å². The van der Waals surface area contributed by atoms with Gasteiger partial charge in [-0.1, -0.05) is 30.3 Å². The number of benzene rings is 2. The SMILES string of the molecule is CN=C(NCCc1c[nH]c2cc(C)ccc12)NCc1ccc(OCc2ccccn2)cc1. The molecule has 0 aliphatic heterocycles. The van der Waals surface area contributed by atoms with Gasteiger partial charge >= 0.3 is 0 Å². The predicted molar refractivity (Wildman–Crippen MR) is 130 cm³/mol. The van der Waals surface area contributed by atoms with Gasteiger partial charge in [0.2, 0.25) is 0 Å². The maximum atomic E-state index is 5.80. The third-order valence-corrected chi connectivity index (χ3v) is 5.33. The highest BCUT2D eigenvalue weighted by Gasteiger charge is 2.05. The van der Waals surface area contributed by atoms with Gasteiger partial charge in [0.15, 0.2) is 5.96 Å². The molecule has 0 bridgehead atoms. The highest BCUT2D eigenvalue weighted by molar-refractivity contribution is 5.84. The van der Waals surface area contributed by atoms with Crippen molar-refractivity contribution in [3.63, 3.8) is 0 Å². The molecule has 3 N–H and O–H groups in total. The molecule has 4 aromatic rings. The van der Waals surface area contributed by atoms with Crippen LogP contribution in [0.25, 0.3) is 10.9 Å². The van der Waals surface area contributed by atoms with Gasteiger partial charge in [0.1, 0.15) is 12.4 Å². The van der Waals surface area contributed by atoms with E-state index >= 15 is 0 Å². The van der Waals surface area contributed by atoms with Crippen LogP contribution in [-0.4, -0.2) is 29.5 Å². The van der Waals surface area contributed by atoms with Crippen molar-refractivity contribution in [3.05, 3.63) is 95.4 Å². The van der Waals surface area contributed by atoms with E-state index < -0.39 is 0 Å². The number of fused-ring (bicyclic) bond motifs is 1. The summed E-state index contributed by atoms with van der Waals surface area (Å²) in [6.07, 6.45) is 4.79. The summed E-state index contributed by atoms with van der Waals surface area (Å²) in [5, 5.41) is 8.05. The number of aryl methyl sites for hydroxylation is 1. The Hall–Kier alpha value is -3.80. The Morgan fingerprint density at radius 2 is 1.94 bits per heavy atom. The van der Waals surface area contributed by atoms with Crippen molar-refractivity contribution in [2.45, 2.75) is 26.5 Å². The van der Waals surface area contributed by atoms with Gasteiger partial charge in [0.05, 0.1) is 5.69 Å². The second-order valence-corrected chi connectivity index (χ2v) is 7.72. The van der Waals surface area contributed by atoms with Crippen LogP contribution < -0.4 is 15.4 Å². The zero-order valence-electron chi connectivity index (χ0n) is 18.6. The summed E-state index contributed by atoms with van der Waals surface area (Å²) in [6, 6.07) is 20.4. The van der Waals surface area contributed by atoms with Crippen molar-refractivity contribution in [1.82, 2.24) is 20.6 Å². The van der Waals surface area contributed by atoms with E-state index in [9.17, 15) is 0 Å². The zero-order valence-corrected chi connectivity index (χ0v) is 18.6. The first-order valence-electron chi connectivity index (χ1n) is 10.8. The van der Waals surface area contributed by atoms with Crippen LogP contribution in [0.2, 0.25) is 0 Å². The molecule has 0 saturated carbocycles. The summed E-state index contributed by atoms with van der Waals surface area (Å²) in [4.78, 5) is 12.0. The van der Waals surface area contributed by atoms with Gasteiger partial charge in [-0.15, -0.1) is 0 Å². The third kappa shape index (κ3) is 5.66. The largest absolute Gasteiger partial charge is 0.487 e. The number of aromatic nitrogens is 2. The number of hydrogen-bond donors (Lipinski definition) is 3. The van der Waals surface area contributed by atoms with Crippen molar-refractivity contribution in [2.24, 2.45) is 4.99 Å². The molecule has 164 valence electrons. The number of H-pyrrole nitrogens is 1. The minimum Gasteiger partial charge on any atom is -0.487 e. The van der Waals surface area contributed by atoms with E-state index in [-0.39, 0.29) is 0 Å². The molecular weight excluding hydrogens is 398 g/mol. The van der Waals surface area contributed by atoms with Crippen LogP contribution in [0.3, 0.4) is 0 Å². The van der Waals surface area contributed by atoms with Crippen LogP contribution in [0.5, 0.6) is 5.75 Å². The number of aromatic amines is 1. The van der Waals surface area contributed by atoms with Crippen molar-refractivity contribution in [2.75, 3.05) is 13.6 Å². The summed E-state index contributed by atoms with van der Waals surface area (Å²) >= 11 is 0. The molecule has 4 rings (SSSR count). The van der Waals surface area contributed by atoms with Crippen LogP contribution in [-0.2, 0) is 19.6 Å². The van der Waals surface area contributed by atoms with Crippen molar-refractivity contribution in [1.29, 1.82) is 0 Å². The average molecular weight is 428 g/mol. The van der Waals surface area contributed by atoms with E-state index in [1.54, 1.807) is 13.2 Å². The normalized spacial score (nSPS) is 11.5. The Labute approximate surface area is 188 Å². The lowest BCUT2D eigenvalue weighted by atomic mass is 10.1. The molecule has 2 heterocycles. The zero-order chi connectivity index (χ0) is 22.2. The fraction of sp³-hybridized carbons (Fsp3) is 0.231. The van der Waals surface area contributed by atoms with Crippen LogP contribution in [0.15, 0.2) is 78.0 Å². The number of nitrogens with zero attached hydrogens (tertiary/aromatic N) is 2. The van der Waals surface area contributed by atoms with E-state index in [0.717, 1.165) is 35.9 Å². The fourth-order valence-electron chi connectivity index (χ4n) is 3.57. The Balaban J connectivity index is 1.22. The maximum absolute atomic E-state index is 5.80. The molecule has 0 radical (unpaired) electrons. The summed E-state index contributed by atoms with van der Waals surface area (Å²) in [5.41, 5.74) is 5.83. The number of hydrogen-bond acceptors (Lipinski definition) is 3. The fourth-order valence-corrected chi connectivity index (χ4v) is 3.57. The minimum atomic E-state index is 0.463. The molecule has 32 heavy (non-hydrogen) atoms. The van der Waals surface area contributed by atoms with Crippen molar-refractivity contribution in [3.8, 4) is 5.75 Å². The van der Waals surface area contributed by atoms with Gasteiger partial charge in [-0.3, -0.25) is 9.98 Å². The van der Waals surface area contributed by atoms with Crippen molar-refractivity contribution >= 4 is 16.9 Å². The first-order chi connectivity index (χ1) is 15.7. The summed E-state index contributed by atoms with van der Waals surface area (Å²) in [6.45, 7) is 4.07. The van der Waals surface area contributed by atoms with E-state index in [1.165, 1.54) is 22.0 Å². The third-order valence-electron chi connectivity index (χ3n) is 5.33. The van der Waals surface area contributed by atoms with Crippen LogP contribution >= 0.6 is 0 Å². The quantitative estimate of drug-likeness (QED) is 0.289. The van der Waals surface area contributed by atoms with Crippen LogP contribution in [0, 0.1) is 6.92 Å². The molecule has 0 fully saturated rings. The molecule has 0 aliphatic carbocycles. The molecule has 6 nitrogen and oxygen atoms in total. The number of rotatable bonds is 8. The molecule has 2 aromatic heterocycles. The van der Waals surface area contributed by atoms with E-state index in [0.29, 0.717) is 13.2 Å². The number of pyridine rings is 1. The standard InChI is InChI=1S/C26H29N5O/c1-19-6-11-24-21(17-30-25(24)15-19)12-14-29-26(27-2)31-16-20-7-9-23(10-8-20)32-18-22-5-3-4-13-28-22/h3-11,13,15,17,30H,12,14,16,18H2,1-2H3,(H2,27,29,31). The first-order valence-corrected chi connectivity index (χ1v) is 10.8. The number of aliphatic imine (C=N–C) groups is 1. The summed E-state index contributed by atoms with van der Waals surface area (Å²) in [5.74, 6) is 1.62. The van der Waals surface area contributed by atoms with Gasteiger partial charge in [0, 0.05) is 43.4 Å². The first kappa shape index (κ1) is 21.4. The van der Waals surface area contributed by atoms with Crippen LogP contribution in [0.1, 0.15) is 22.4 Å². The van der Waals surface area contributed by atoms with Gasteiger partial charge in [-0.2, -0.15) is 0 Å². The van der Waals surface area contributed by atoms with Gasteiger partial charge in [-0.25, -0.2) is 0 Å². The number of guanidine groups is 1. The molecule has 0 aliphatic rings. The second kappa shape index (κ2) is 10.5. The molecule has 2 aromatic carbocycles. The monoisotopic (exact) mass is 427 g/mol. The lowest BCUT2D eigenvalue weighted by Gasteiger charge is -2.12. The molecule has 0 unspecified atom stereocenters. The number of nitrogens with one attached hydrogen (secondary N) is 3. The van der Waals surface area contributed by atoms with Gasteiger partial charge in [-0.05, 0) is 60.4 Å². The predicted octanol–water partition coefficient (Wildman–Crippen LogP) is 4.36. The number of ether oxygens (including phenoxy) is 1. The lowest BCUT2D eigenvalue weighted by Crippen LogP contribution is -2.37. The molecule has 0 amide bonds. The van der Waals surface area contributed by atoms with Gasteiger partial charge in [0.25, 0.3) is 0 Å². The Kier molecular flexibility index (Phi) is 7.02. The Morgan fingerprint density at radius 3 is 2.72 bits per heavy atom. The van der Waals surface area contributed by atoms with E-state index in [4.69, 9.17) is 4.74 Å². The minimum absolute atomic E-state index is 0.463. The highest BCUT2D eigenvalue weighted by atomic mass is 16.5. The summed E-state index contributed by atoms with van der Waals surface area (Å²) < 4.78 is 5.80. The molecule has 0 atom stereocenters. The second-order valence-electron chi connectivity index (χ2n) is 7.72. The average Bonchev–Trinajstić information content (AvgIpc) is 3.23. The van der Waals surface area contributed by atoms with Gasteiger partial charge < -0.3 is 20.4 Å². The van der Waals surface area contributed by atoms with Crippen LogP contribution in [0.4, 0.5) is 0 Å². The lowest BCUT2D eigenvalue weighted by molar-refractivity contribution is 0.301. The highest BCUT2D eigenvalue weighted by Crippen LogP contribution is 2.19. The molecule has 6 heteroatoms. The topological polar surface area (TPSA) is 74.3 Å². The summed E-state index contributed by atoms with van der Waals surface area (Å²) in [7, 11) is 1.79. The molecular formula is C26H29N5O. The van der Waals surface area contributed by atoms with E-state index in [2.05, 4.69) is 69.0 Å². The molecule has 0 spiro atoms. The maximum Gasteiger partial charge on any atom is 0.191 e. The Bertz CT molecular complexity index is 1170. The molecule has 0 saturated heterocycles.